The second-order valence-corrected chi connectivity index (χ2v) is 7.18. The minimum absolute atomic E-state index is 0.465. The van der Waals surface area contributed by atoms with Crippen LogP contribution < -0.4 is 0 Å². The minimum Gasteiger partial charge on any atom is -0.414 e. The quantitative estimate of drug-likeness (QED) is 0.570. The van der Waals surface area contributed by atoms with E-state index >= 15 is 0 Å². The number of rotatable bonds is 5. The van der Waals surface area contributed by atoms with Crippen molar-refractivity contribution in [1.29, 1.82) is 0 Å². The molecule has 0 aliphatic carbocycles. The van der Waals surface area contributed by atoms with E-state index in [9.17, 15) is 0 Å². The summed E-state index contributed by atoms with van der Waals surface area (Å²) in [6.45, 7) is 4.41. The maximum absolute atomic E-state index is 5.88. The van der Waals surface area contributed by atoms with Crippen LogP contribution in [0.3, 0.4) is 0 Å². The Balaban J connectivity index is 1.63. The van der Waals surface area contributed by atoms with Gasteiger partial charge in [-0.3, -0.25) is 4.68 Å². The monoisotopic (exact) mass is 412 g/mol. The van der Waals surface area contributed by atoms with Crippen LogP contribution in [0, 0.1) is 13.8 Å². The van der Waals surface area contributed by atoms with Crippen molar-refractivity contribution in [2.75, 3.05) is 0 Å². The van der Waals surface area contributed by atoms with Gasteiger partial charge in [0.15, 0.2) is 0 Å². The first-order chi connectivity index (χ1) is 11.0. The van der Waals surface area contributed by atoms with Crippen molar-refractivity contribution in [3.63, 3.8) is 0 Å². The summed E-state index contributed by atoms with van der Waals surface area (Å²) in [6, 6.07) is 7.72. The lowest BCUT2D eigenvalue weighted by molar-refractivity contribution is 0.396. The summed E-state index contributed by atoms with van der Waals surface area (Å²) in [4.78, 5) is 0. The minimum atomic E-state index is 0.465. The SMILES string of the molecule is Cc1nn(Cc2nnc(SCc3ccc(Cl)cc3)o2)c(C)c1Br. The van der Waals surface area contributed by atoms with E-state index in [0.717, 1.165) is 32.2 Å². The molecule has 0 amide bonds. The maximum atomic E-state index is 5.88. The van der Waals surface area contributed by atoms with Crippen LogP contribution in [0.25, 0.3) is 0 Å². The average Bonchev–Trinajstić information content (AvgIpc) is 3.08. The predicted molar refractivity (Wildman–Crippen MR) is 93.8 cm³/mol. The smallest absolute Gasteiger partial charge is 0.276 e. The Morgan fingerprint density at radius 3 is 2.61 bits per heavy atom. The molecule has 2 aromatic heterocycles. The number of hydrogen-bond acceptors (Lipinski definition) is 5. The van der Waals surface area contributed by atoms with Crippen LogP contribution in [0.5, 0.6) is 0 Å². The number of halogens is 2. The topological polar surface area (TPSA) is 56.7 Å². The largest absolute Gasteiger partial charge is 0.414 e. The fourth-order valence-electron chi connectivity index (χ4n) is 2.04. The number of benzene rings is 1. The summed E-state index contributed by atoms with van der Waals surface area (Å²) in [5.41, 5.74) is 3.14. The van der Waals surface area contributed by atoms with Crippen LogP contribution in [0.1, 0.15) is 22.8 Å². The lowest BCUT2D eigenvalue weighted by Crippen LogP contribution is -2.04. The van der Waals surface area contributed by atoms with Gasteiger partial charge in [0, 0.05) is 10.8 Å². The molecule has 0 spiro atoms. The second kappa shape index (κ2) is 7.07. The molecule has 2 heterocycles. The first-order valence-corrected chi connectivity index (χ1v) is 9.07. The molecule has 0 bridgehead atoms. The van der Waals surface area contributed by atoms with Crippen molar-refractivity contribution in [2.45, 2.75) is 31.4 Å². The Labute approximate surface area is 151 Å². The van der Waals surface area contributed by atoms with Crippen molar-refractivity contribution >= 4 is 39.3 Å². The normalized spacial score (nSPS) is 11.1. The lowest BCUT2D eigenvalue weighted by atomic mass is 10.2. The Bertz CT molecular complexity index is 815. The molecule has 0 N–H and O–H groups in total. The van der Waals surface area contributed by atoms with Gasteiger partial charge in [-0.1, -0.05) is 35.5 Å². The Morgan fingerprint density at radius 1 is 1.22 bits per heavy atom. The molecular weight excluding hydrogens is 400 g/mol. The Kier molecular flexibility index (Phi) is 5.08. The lowest BCUT2D eigenvalue weighted by Gasteiger charge is -2.00. The molecule has 1 aromatic carbocycles. The number of aryl methyl sites for hydroxylation is 1. The van der Waals surface area contributed by atoms with Crippen LogP contribution in [0.15, 0.2) is 38.4 Å². The summed E-state index contributed by atoms with van der Waals surface area (Å²) in [5, 5.41) is 13.9. The number of aromatic nitrogens is 4. The zero-order valence-electron chi connectivity index (χ0n) is 12.6. The van der Waals surface area contributed by atoms with Gasteiger partial charge < -0.3 is 4.42 Å². The molecule has 5 nitrogen and oxygen atoms in total. The van der Waals surface area contributed by atoms with E-state index in [4.69, 9.17) is 16.0 Å². The number of hydrogen-bond donors (Lipinski definition) is 0. The van der Waals surface area contributed by atoms with E-state index in [1.54, 1.807) is 0 Å². The second-order valence-electron chi connectivity index (χ2n) is 5.02. The van der Waals surface area contributed by atoms with Gasteiger partial charge in [0.1, 0.15) is 6.54 Å². The number of thioether (sulfide) groups is 1. The standard InChI is InChI=1S/C15H14BrClN4OS/c1-9-14(16)10(2)21(20-9)7-13-18-19-15(22-13)23-8-11-3-5-12(17)6-4-11/h3-6H,7-8H2,1-2H3. The van der Waals surface area contributed by atoms with Crippen LogP contribution >= 0.6 is 39.3 Å². The molecule has 0 aliphatic heterocycles. The van der Waals surface area contributed by atoms with Gasteiger partial charge in [0.25, 0.3) is 5.22 Å². The van der Waals surface area contributed by atoms with Crippen LogP contribution in [-0.2, 0) is 12.3 Å². The van der Waals surface area contributed by atoms with E-state index in [-0.39, 0.29) is 0 Å². The molecule has 0 unspecified atom stereocenters. The molecule has 0 fully saturated rings. The van der Waals surface area contributed by atoms with Gasteiger partial charge in [-0.25, -0.2) is 0 Å². The third kappa shape index (κ3) is 3.97. The summed E-state index contributed by atoms with van der Waals surface area (Å²) < 4.78 is 8.53. The van der Waals surface area contributed by atoms with E-state index < -0.39 is 0 Å². The van der Waals surface area contributed by atoms with Gasteiger partial charge in [0.05, 0.1) is 15.9 Å². The van der Waals surface area contributed by atoms with Crippen molar-refractivity contribution in [2.24, 2.45) is 0 Å². The van der Waals surface area contributed by atoms with Gasteiger partial charge in [0.2, 0.25) is 5.89 Å². The third-order valence-electron chi connectivity index (χ3n) is 3.30. The van der Waals surface area contributed by atoms with Crippen LogP contribution in [0.4, 0.5) is 0 Å². The molecule has 0 saturated carbocycles. The molecule has 120 valence electrons. The highest BCUT2D eigenvalue weighted by Crippen LogP contribution is 2.24. The summed E-state index contributed by atoms with van der Waals surface area (Å²) in [5.74, 6) is 1.30. The molecular formula is C15H14BrClN4OS. The fourth-order valence-corrected chi connectivity index (χ4v) is 3.19. The average molecular weight is 414 g/mol. The van der Waals surface area contributed by atoms with E-state index in [1.165, 1.54) is 11.8 Å². The zero-order valence-corrected chi connectivity index (χ0v) is 15.7. The van der Waals surface area contributed by atoms with Gasteiger partial charge in [-0.15, -0.1) is 10.2 Å². The zero-order chi connectivity index (χ0) is 16.4. The van der Waals surface area contributed by atoms with Crippen molar-refractivity contribution < 1.29 is 4.42 Å². The molecule has 0 aliphatic rings. The first kappa shape index (κ1) is 16.5. The number of nitrogens with zero attached hydrogens (tertiary/aromatic N) is 4. The predicted octanol–water partition coefficient (Wildman–Crippen LogP) is 4.64. The molecule has 8 heteroatoms. The van der Waals surface area contributed by atoms with Crippen molar-refractivity contribution in [3.05, 3.63) is 56.6 Å². The van der Waals surface area contributed by atoms with Crippen LogP contribution in [0.2, 0.25) is 5.02 Å². The highest BCUT2D eigenvalue weighted by Gasteiger charge is 2.13. The summed E-state index contributed by atoms with van der Waals surface area (Å²) >= 11 is 10.9. The summed E-state index contributed by atoms with van der Waals surface area (Å²) in [6.07, 6.45) is 0. The Hall–Kier alpha value is -1.31. The van der Waals surface area contributed by atoms with E-state index in [1.807, 2.05) is 42.8 Å². The molecule has 0 atom stereocenters. The molecule has 3 aromatic rings. The molecule has 0 saturated heterocycles. The van der Waals surface area contributed by atoms with E-state index in [2.05, 4.69) is 31.2 Å². The highest BCUT2D eigenvalue weighted by atomic mass is 79.9. The fraction of sp³-hybridized carbons (Fsp3) is 0.267. The van der Waals surface area contributed by atoms with Crippen molar-refractivity contribution in [1.82, 2.24) is 20.0 Å². The van der Waals surface area contributed by atoms with Gasteiger partial charge >= 0.3 is 0 Å². The van der Waals surface area contributed by atoms with Gasteiger partial charge in [-0.05, 0) is 47.5 Å². The molecule has 0 radical (unpaired) electrons. The van der Waals surface area contributed by atoms with E-state index in [0.29, 0.717) is 17.7 Å². The third-order valence-corrected chi connectivity index (χ3v) is 5.59. The Morgan fingerprint density at radius 2 is 1.96 bits per heavy atom. The first-order valence-electron chi connectivity index (χ1n) is 6.92. The summed E-state index contributed by atoms with van der Waals surface area (Å²) in [7, 11) is 0. The van der Waals surface area contributed by atoms with Crippen LogP contribution in [-0.4, -0.2) is 20.0 Å². The van der Waals surface area contributed by atoms with Gasteiger partial charge in [-0.2, -0.15) is 5.10 Å². The maximum Gasteiger partial charge on any atom is 0.276 e. The molecule has 23 heavy (non-hydrogen) atoms. The molecule has 3 rings (SSSR count). The highest BCUT2D eigenvalue weighted by molar-refractivity contribution is 9.10. The van der Waals surface area contributed by atoms with Crippen molar-refractivity contribution in [3.8, 4) is 0 Å².